The smallest absolute Gasteiger partial charge is 0.319 e. The second-order valence-electron chi connectivity index (χ2n) is 6.76. The van der Waals surface area contributed by atoms with Crippen LogP contribution in [0, 0.1) is 6.92 Å². The molecule has 134 valence electrons. The number of nitrogens with one attached hydrogen (secondary N) is 2. The van der Waals surface area contributed by atoms with E-state index in [2.05, 4.69) is 34.4 Å². The average molecular weight is 366 g/mol. The molecule has 2 amide bonds. The average Bonchev–Trinajstić information content (AvgIpc) is 3.08. The first-order chi connectivity index (χ1) is 12.4. The predicted octanol–water partition coefficient (Wildman–Crippen LogP) is 4.61. The molecule has 2 heterocycles. The molecular formula is C20H22N4OS. The lowest BCUT2D eigenvalue weighted by molar-refractivity contribution is 0.249. The van der Waals surface area contributed by atoms with Crippen LogP contribution in [0.15, 0.2) is 54.2 Å². The number of hydrogen-bond acceptors (Lipinski definition) is 4. The zero-order valence-corrected chi connectivity index (χ0v) is 15.9. The van der Waals surface area contributed by atoms with E-state index in [1.807, 2.05) is 54.9 Å². The highest BCUT2D eigenvalue weighted by Gasteiger charge is 2.21. The van der Waals surface area contributed by atoms with Crippen molar-refractivity contribution < 1.29 is 4.79 Å². The fourth-order valence-corrected chi connectivity index (χ4v) is 3.18. The summed E-state index contributed by atoms with van der Waals surface area (Å²) in [5, 5.41) is 8.87. The van der Waals surface area contributed by atoms with Gasteiger partial charge in [0.25, 0.3) is 0 Å². The molecule has 3 aromatic rings. The van der Waals surface area contributed by atoms with Crippen molar-refractivity contribution in [2.45, 2.75) is 26.2 Å². The summed E-state index contributed by atoms with van der Waals surface area (Å²) in [6, 6.07) is 11.4. The van der Waals surface area contributed by atoms with E-state index >= 15 is 0 Å². The van der Waals surface area contributed by atoms with E-state index in [0.29, 0.717) is 6.54 Å². The Kier molecular flexibility index (Phi) is 5.32. The van der Waals surface area contributed by atoms with Gasteiger partial charge in [0.1, 0.15) is 0 Å². The molecule has 0 atom stereocenters. The molecule has 1 aromatic carbocycles. The first kappa shape index (κ1) is 18.1. The van der Waals surface area contributed by atoms with E-state index in [1.165, 1.54) is 0 Å². The standard InChI is InChI=1S/C20H22N4OS/c1-14-23-18(12-26-14)15-6-8-17(9-7-15)24-19(25)22-13-20(2,3)16-5-4-10-21-11-16/h4-12H,13H2,1-3H3,(H2,22,24,25). The number of anilines is 1. The summed E-state index contributed by atoms with van der Waals surface area (Å²) in [4.78, 5) is 20.8. The monoisotopic (exact) mass is 366 g/mol. The van der Waals surface area contributed by atoms with E-state index < -0.39 is 0 Å². The van der Waals surface area contributed by atoms with Crippen LogP contribution in [-0.2, 0) is 5.41 Å². The Hall–Kier alpha value is -2.73. The van der Waals surface area contributed by atoms with E-state index in [1.54, 1.807) is 17.5 Å². The number of urea groups is 1. The molecule has 2 aromatic heterocycles. The molecule has 0 spiro atoms. The van der Waals surface area contributed by atoms with Crippen molar-refractivity contribution in [3.8, 4) is 11.3 Å². The van der Waals surface area contributed by atoms with Gasteiger partial charge in [-0.2, -0.15) is 0 Å². The number of carbonyl (C=O) groups is 1. The fraction of sp³-hybridized carbons (Fsp3) is 0.250. The Morgan fingerprint density at radius 3 is 2.58 bits per heavy atom. The van der Waals surface area contributed by atoms with Crippen LogP contribution in [0.25, 0.3) is 11.3 Å². The lowest BCUT2D eigenvalue weighted by atomic mass is 9.86. The highest BCUT2D eigenvalue weighted by atomic mass is 32.1. The largest absolute Gasteiger partial charge is 0.337 e. The summed E-state index contributed by atoms with van der Waals surface area (Å²) in [6.07, 6.45) is 3.58. The van der Waals surface area contributed by atoms with Gasteiger partial charge in [0.2, 0.25) is 0 Å². The molecule has 0 bridgehead atoms. The third kappa shape index (κ3) is 4.46. The maximum absolute atomic E-state index is 12.2. The molecular weight excluding hydrogens is 344 g/mol. The van der Waals surface area contributed by atoms with Gasteiger partial charge < -0.3 is 10.6 Å². The Balaban J connectivity index is 1.56. The second-order valence-corrected chi connectivity index (χ2v) is 7.82. The Bertz CT molecular complexity index is 872. The van der Waals surface area contributed by atoms with Crippen molar-refractivity contribution >= 4 is 23.1 Å². The molecule has 0 fully saturated rings. The number of rotatable bonds is 5. The van der Waals surface area contributed by atoms with Crippen molar-refractivity contribution in [2.24, 2.45) is 0 Å². The molecule has 0 unspecified atom stereocenters. The number of amides is 2. The molecule has 5 nitrogen and oxygen atoms in total. The SMILES string of the molecule is Cc1nc(-c2ccc(NC(=O)NCC(C)(C)c3cccnc3)cc2)cs1. The van der Waals surface area contributed by atoms with Gasteiger partial charge in [-0.3, -0.25) is 4.98 Å². The van der Waals surface area contributed by atoms with Crippen LogP contribution in [0.5, 0.6) is 0 Å². The Morgan fingerprint density at radius 1 is 1.19 bits per heavy atom. The lowest BCUT2D eigenvalue weighted by Gasteiger charge is -2.25. The number of carbonyl (C=O) groups excluding carboxylic acids is 1. The van der Waals surface area contributed by atoms with Gasteiger partial charge in [-0.1, -0.05) is 32.0 Å². The summed E-state index contributed by atoms with van der Waals surface area (Å²) < 4.78 is 0. The Labute approximate surface area is 157 Å². The molecule has 0 saturated heterocycles. The van der Waals surface area contributed by atoms with Gasteiger partial charge in [0.15, 0.2) is 0 Å². The third-order valence-corrected chi connectivity index (χ3v) is 4.96. The summed E-state index contributed by atoms with van der Waals surface area (Å²) >= 11 is 1.63. The highest BCUT2D eigenvalue weighted by molar-refractivity contribution is 7.09. The van der Waals surface area contributed by atoms with Gasteiger partial charge in [-0.05, 0) is 30.7 Å². The number of benzene rings is 1. The summed E-state index contributed by atoms with van der Waals surface area (Å²) in [5.74, 6) is 0. The van der Waals surface area contributed by atoms with E-state index in [9.17, 15) is 4.79 Å². The van der Waals surface area contributed by atoms with Crippen molar-refractivity contribution in [2.75, 3.05) is 11.9 Å². The first-order valence-electron chi connectivity index (χ1n) is 8.42. The zero-order chi connectivity index (χ0) is 18.6. The van der Waals surface area contributed by atoms with Gasteiger partial charge in [0, 0.05) is 41.0 Å². The number of thiazole rings is 1. The van der Waals surface area contributed by atoms with Crippen LogP contribution in [-0.4, -0.2) is 22.5 Å². The van der Waals surface area contributed by atoms with Gasteiger partial charge >= 0.3 is 6.03 Å². The molecule has 0 radical (unpaired) electrons. The minimum Gasteiger partial charge on any atom is -0.337 e. The van der Waals surface area contributed by atoms with Crippen molar-refractivity contribution in [1.29, 1.82) is 0 Å². The molecule has 26 heavy (non-hydrogen) atoms. The second kappa shape index (κ2) is 7.66. The van der Waals surface area contributed by atoms with Crippen LogP contribution >= 0.6 is 11.3 Å². The number of aryl methyl sites for hydroxylation is 1. The van der Waals surface area contributed by atoms with Crippen LogP contribution in [0.1, 0.15) is 24.4 Å². The van der Waals surface area contributed by atoms with Gasteiger partial charge in [-0.15, -0.1) is 11.3 Å². The van der Waals surface area contributed by atoms with Crippen LogP contribution in [0.3, 0.4) is 0 Å². The van der Waals surface area contributed by atoms with Crippen molar-refractivity contribution in [1.82, 2.24) is 15.3 Å². The number of hydrogen-bond donors (Lipinski definition) is 2. The summed E-state index contributed by atoms with van der Waals surface area (Å²) in [5.41, 5.74) is 3.64. The topological polar surface area (TPSA) is 66.9 Å². The van der Waals surface area contributed by atoms with E-state index in [0.717, 1.165) is 27.5 Å². The Morgan fingerprint density at radius 2 is 1.96 bits per heavy atom. The fourth-order valence-electron chi connectivity index (χ4n) is 2.56. The first-order valence-corrected chi connectivity index (χ1v) is 9.30. The number of nitrogens with zero attached hydrogens (tertiary/aromatic N) is 2. The maximum atomic E-state index is 12.2. The molecule has 6 heteroatoms. The zero-order valence-electron chi connectivity index (χ0n) is 15.1. The predicted molar refractivity (Wildman–Crippen MR) is 107 cm³/mol. The van der Waals surface area contributed by atoms with Crippen molar-refractivity contribution in [3.63, 3.8) is 0 Å². The quantitative estimate of drug-likeness (QED) is 0.693. The minimum atomic E-state index is -0.223. The summed E-state index contributed by atoms with van der Waals surface area (Å²) in [6.45, 7) is 6.66. The number of aromatic nitrogens is 2. The van der Waals surface area contributed by atoms with E-state index in [-0.39, 0.29) is 11.4 Å². The molecule has 0 saturated carbocycles. The van der Waals surface area contributed by atoms with E-state index in [4.69, 9.17) is 0 Å². The molecule has 0 aliphatic heterocycles. The van der Waals surface area contributed by atoms with Crippen LogP contribution in [0.2, 0.25) is 0 Å². The van der Waals surface area contributed by atoms with Gasteiger partial charge in [0.05, 0.1) is 10.7 Å². The third-order valence-electron chi connectivity index (χ3n) is 4.19. The molecule has 0 aliphatic carbocycles. The maximum Gasteiger partial charge on any atom is 0.319 e. The lowest BCUT2D eigenvalue weighted by Crippen LogP contribution is -2.39. The number of pyridine rings is 1. The minimum absolute atomic E-state index is 0.196. The molecule has 0 aliphatic rings. The molecule has 3 rings (SSSR count). The highest BCUT2D eigenvalue weighted by Crippen LogP contribution is 2.23. The van der Waals surface area contributed by atoms with Crippen molar-refractivity contribution in [3.05, 3.63) is 64.7 Å². The summed E-state index contributed by atoms with van der Waals surface area (Å²) in [7, 11) is 0. The normalized spacial score (nSPS) is 11.2. The van der Waals surface area contributed by atoms with Gasteiger partial charge in [-0.25, -0.2) is 9.78 Å². The van der Waals surface area contributed by atoms with Crippen LogP contribution in [0.4, 0.5) is 10.5 Å². The van der Waals surface area contributed by atoms with Crippen LogP contribution < -0.4 is 10.6 Å². The molecule has 2 N–H and O–H groups in total.